The van der Waals surface area contributed by atoms with Crippen molar-refractivity contribution in [1.82, 2.24) is 5.32 Å². The van der Waals surface area contributed by atoms with Gasteiger partial charge in [0.2, 0.25) is 5.91 Å². The number of carbonyl (C=O) groups is 1. The molecule has 6 N–H and O–H groups in total. The fourth-order valence-electron chi connectivity index (χ4n) is 8.60. The number of allylic oxidation sites excluding steroid dienone is 19. The predicted octanol–water partition coefficient (Wildman–Crippen LogP) is 15.1. The van der Waals surface area contributed by atoms with Crippen LogP contribution >= 0.6 is 0 Å². The molecule has 1 aliphatic heterocycles. The van der Waals surface area contributed by atoms with Crippen LogP contribution in [0.5, 0.6) is 0 Å². The topological polar surface area (TPSA) is 149 Å². The second-order valence-corrected chi connectivity index (χ2v) is 20.0. The molecule has 0 aromatic carbocycles. The van der Waals surface area contributed by atoms with E-state index in [2.05, 4.69) is 129 Å². The molecule has 1 fully saturated rings. The molecule has 0 aliphatic carbocycles. The zero-order valence-corrected chi connectivity index (χ0v) is 46.8. The molecule has 1 rings (SSSR count). The third-order valence-corrected chi connectivity index (χ3v) is 13.3. The highest BCUT2D eigenvalue weighted by Crippen LogP contribution is 2.23. The van der Waals surface area contributed by atoms with Crippen LogP contribution in [-0.4, -0.2) is 87.5 Å². The minimum atomic E-state index is -1.57. The number of rotatable bonds is 49. The van der Waals surface area contributed by atoms with Crippen LogP contribution in [0, 0.1) is 0 Å². The van der Waals surface area contributed by atoms with E-state index >= 15 is 0 Å². The summed E-state index contributed by atoms with van der Waals surface area (Å²) in [7, 11) is 0. The van der Waals surface area contributed by atoms with Crippen molar-refractivity contribution in [3.05, 3.63) is 122 Å². The minimum Gasteiger partial charge on any atom is -0.394 e. The maximum Gasteiger partial charge on any atom is 0.220 e. The molecule has 0 spiro atoms. The number of unbranched alkanes of at least 4 members (excludes halogenated alkanes) is 21. The van der Waals surface area contributed by atoms with Crippen LogP contribution < -0.4 is 5.32 Å². The van der Waals surface area contributed by atoms with Gasteiger partial charge < -0.3 is 40.3 Å². The standard InChI is InChI=1S/C65H109NO8/c1-3-5-7-9-11-13-15-16-17-18-19-20-21-22-23-24-25-26-27-28-29-30-31-32-33-34-35-36-37-38-39-40-41-42-43-44-45-47-49-51-53-55-61(69)66-58(57-73-65-64(72)63(71)62(70)60(56-67)74-65)59(68)54-52-50-48-46-14-12-10-8-6-4-2/h5,7,11,13-14,16-17,19-20,22-23,25-26,28-29,31-32,46,52,54,58-60,62-65,67-68,70-72H,3-4,6,8-10,12,15,18,21,24,27,30,33-45,47-51,53,55-57H2,1-2H3,(H,66,69)/b7-5-,13-11-,17-16-,20-19-,23-22-,26-25-,29-28-,32-31-,46-14+,54-52+. The molecule has 0 aromatic heterocycles. The van der Waals surface area contributed by atoms with Crippen molar-refractivity contribution in [2.24, 2.45) is 0 Å². The van der Waals surface area contributed by atoms with Crippen LogP contribution in [0.4, 0.5) is 0 Å². The van der Waals surface area contributed by atoms with Gasteiger partial charge in [0.05, 0.1) is 25.4 Å². The third kappa shape index (κ3) is 41.8. The van der Waals surface area contributed by atoms with Gasteiger partial charge in [0.15, 0.2) is 6.29 Å². The van der Waals surface area contributed by atoms with E-state index in [0.717, 1.165) is 89.9 Å². The Balaban J connectivity index is 2.06. The van der Waals surface area contributed by atoms with E-state index in [1.165, 1.54) is 116 Å². The zero-order valence-electron chi connectivity index (χ0n) is 46.8. The van der Waals surface area contributed by atoms with Gasteiger partial charge in [-0.05, 0) is 96.3 Å². The van der Waals surface area contributed by atoms with Crippen LogP contribution in [-0.2, 0) is 14.3 Å². The van der Waals surface area contributed by atoms with Crippen molar-refractivity contribution in [1.29, 1.82) is 0 Å². The molecule has 1 aliphatic rings. The van der Waals surface area contributed by atoms with Gasteiger partial charge in [0.1, 0.15) is 24.4 Å². The molecule has 9 nitrogen and oxygen atoms in total. The summed E-state index contributed by atoms with van der Waals surface area (Å²) < 4.78 is 11.2. The van der Waals surface area contributed by atoms with Crippen LogP contribution in [0.2, 0.25) is 0 Å². The highest BCUT2D eigenvalue weighted by Gasteiger charge is 2.44. The van der Waals surface area contributed by atoms with Crippen LogP contribution in [0.3, 0.4) is 0 Å². The lowest BCUT2D eigenvalue weighted by Gasteiger charge is -2.40. The molecule has 0 bridgehead atoms. The van der Waals surface area contributed by atoms with Crippen molar-refractivity contribution >= 4 is 5.91 Å². The Labute approximate surface area is 452 Å². The molecule has 1 amide bonds. The summed E-state index contributed by atoms with van der Waals surface area (Å²) in [6.45, 7) is 3.59. The Hall–Kier alpha value is -3.41. The fraction of sp³-hybridized carbons (Fsp3) is 0.677. The number of aliphatic hydroxyl groups is 5. The Morgan fingerprint density at radius 3 is 1.30 bits per heavy atom. The molecule has 0 radical (unpaired) electrons. The first kappa shape index (κ1) is 68.6. The minimum absolute atomic E-state index is 0.193. The van der Waals surface area contributed by atoms with E-state index in [4.69, 9.17) is 9.47 Å². The molecule has 9 heteroatoms. The summed E-state index contributed by atoms with van der Waals surface area (Å²) in [6, 6.07) is -0.825. The third-order valence-electron chi connectivity index (χ3n) is 13.3. The Kier molecular flexibility index (Phi) is 49.1. The number of hydrogen-bond donors (Lipinski definition) is 6. The van der Waals surface area contributed by atoms with Gasteiger partial charge >= 0.3 is 0 Å². The first-order valence-corrected chi connectivity index (χ1v) is 29.8. The summed E-state index contributed by atoms with van der Waals surface area (Å²) in [5.74, 6) is -0.193. The van der Waals surface area contributed by atoms with Gasteiger partial charge in [-0.25, -0.2) is 0 Å². The molecule has 7 atom stereocenters. The van der Waals surface area contributed by atoms with Crippen LogP contribution in [0.15, 0.2) is 122 Å². The number of aliphatic hydroxyl groups excluding tert-OH is 5. The number of ether oxygens (including phenoxy) is 2. The summed E-state index contributed by atoms with van der Waals surface area (Å²) in [5, 5.41) is 54.2. The van der Waals surface area contributed by atoms with Crippen molar-refractivity contribution in [3.8, 4) is 0 Å². The van der Waals surface area contributed by atoms with Crippen molar-refractivity contribution < 1.29 is 39.8 Å². The lowest BCUT2D eigenvalue weighted by atomic mass is 9.99. The van der Waals surface area contributed by atoms with Crippen molar-refractivity contribution in [2.75, 3.05) is 13.2 Å². The van der Waals surface area contributed by atoms with Crippen LogP contribution in [0.1, 0.15) is 226 Å². The predicted molar refractivity (Wildman–Crippen MR) is 313 cm³/mol. The first-order chi connectivity index (χ1) is 36.3. The maximum absolute atomic E-state index is 13.0. The molecule has 1 saturated heterocycles. The first-order valence-electron chi connectivity index (χ1n) is 29.8. The highest BCUT2D eigenvalue weighted by molar-refractivity contribution is 5.76. The normalized spacial score (nSPS) is 19.9. The second kappa shape index (κ2) is 53.0. The number of carbonyl (C=O) groups excluding carboxylic acids is 1. The lowest BCUT2D eigenvalue weighted by molar-refractivity contribution is -0.302. The Morgan fingerprint density at radius 2 is 0.851 bits per heavy atom. The van der Waals surface area contributed by atoms with Crippen molar-refractivity contribution in [3.63, 3.8) is 0 Å². The maximum atomic E-state index is 13.0. The summed E-state index contributed by atoms with van der Waals surface area (Å²) in [6.07, 6.45) is 73.0. The van der Waals surface area contributed by atoms with E-state index in [9.17, 15) is 30.3 Å². The monoisotopic (exact) mass is 1030 g/mol. The van der Waals surface area contributed by atoms with E-state index in [0.29, 0.717) is 6.42 Å². The smallest absolute Gasteiger partial charge is 0.220 e. The van der Waals surface area contributed by atoms with Gasteiger partial charge in [-0.3, -0.25) is 4.79 Å². The quantitative estimate of drug-likeness (QED) is 0.0261. The van der Waals surface area contributed by atoms with E-state index in [1.807, 2.05) is 6.08 Å². The van der Waals surface area contributed by atoms with Crippen LogP contribution in [0.25, 0.3) is 0 Å². The molecular weight excluding hydrogens is 923 g/mol. The molecule has 422 valence electrons. The van der Waals surface area contributed by atoms with Crippen molar-refractivity contribution in [2.45, 2.75) is 269 Å². The largest absolute Gasteiger partial charge is 0.394 e. The van der Waals surface area contributed by atoms with Gasteiger partial charge in [0, 0.05) is 6.42 Å². The fourth-order valence-corrected chi connectivity index (χ4v) is 8.60. The SMILES string of the molecule is CC/C=C\C/C=C\C/C=C\C/C=C\C/C=C\C/C=C\C/C=C\C/C=C\CCCCCCCCCCCCCCCCCCC(=O)NC(COC1OC(CO)C(O)C(O)C1O)C(O)/C=C/CC/C=C/CCCCCC. The number of nitrogens with one attached hydrogen (secondary N) is 1. The molecule has 7 unspecified atom stereocenters. The molecule has 1 heterocycles. The summed E-state index contributed by atoms with van der Waals surface area (Å²) in [5.41, 5.74) is 0. The van der Waals surface area contributed by atoms with Gasteiger partial charge in [-0.1, -0.05) is 245 Å². The van der Waals surface area contributed by atoms with E-state index < -0.39 is 49.5 Å². The second-order valence-electron chi connectivity index (χ2n) is 20.0. The van der Waals surface area contributed by atoms with Gasteiger partial charge in [-0.2, -0.15) is 0 Å². The average molecular weight is 1030 g/mol. The van der Waals surface area contributed by atoms with Gasteiger partial charge in [0.25, 0.3) is 0 Å². The summed E-state index contributed by atoms with van der Waals surface area (Å²) in [4.78, 5) is 13.0. The zero-order chi connectivity index (χ0) is 53.6. The lowest BCUT2D eigenvalue weighted by Crippen LogP contribution is -2.60. The Morgan fingerprint density at radius 1 is 0.473 bits per heavy atom. The van der Waals surface area contributed by atoms with E-state index in [-0.39, 0.29) is 12.5 Å². The highest BCUT2D eigenvalue weighted by atomic mass is 16.7. The van der Waals surface area contributed by atoms with Gasteiger partial charge in [-0.15, -0.1) is 0 Å². The molecule has 74 heavy (non-hydrogen) atoms. The molecular formula is C65H109NO8. The Bertz CT molecular complexity index is 1570. The number of hydrogen-bond acceptors (Lipinski definition) is 8. The molecule has 0 saturated carbocycles. The molecule has 0 aromatic rings. The summed E-state index contributed by atoms with van der Waals surface area (Å²) >= 11 is 0. The average Bonchev–Trinajstić information content (AvgIpc) is 3.40. The number of amides is 1. The van der Waals surface area contributed by atoms with E-state index in [1.54, 1.807) is 6.08 Å².